The summed E-state index contributed by atoms with van der Waals surface area (Å²) in [5.74, 6) is 7.17. The second-order valence-corrected chi connectivity index (χ2v) is 7.11. The molecule has 2 aromatic heterocycles. The first-order valence-corrected chi connectivity index (χ1v) is 8.44. The lowest BCUT2D eigenvalue weighted by atomic mass is 9.78. The number of hydrogen-bond acceptors (Lipinski definition) is 6. The number of piperidine rings is 1. The van der Waals surface area contributed by atoms with E-state index in [1.54, 1.807) is 11.3 Å². The predicted molar refractivity (Wildman–Crippen MR) is 88.1 cm³/mol. The third-order valence-corrected chi connectivity index (χ3v) is 5.60. The summed E-state index contributed by atoms with van der Waals surface area (Å²) in [6.45, 7) is 7.75. The Hall–Kier alpha value is -1.24. The summed E-state index contributed by atoms with van der Waals surface area (Å²) in [5.41, 5.74) is 3.21. The highest BCUT2D eigenvalue weighted by atomic mass is 32.1. The van der Waals surface area contributed by atoms with Crippen LogP contribution < -0.4 is 11.3 Å². The second-order valence-electron chi connectivity index (χ2n) is 6.21. The number of hydrazine groups is 1. The molecule has 3 heterocycles. The average Bonchev–Trinajstić information content (AvgIpc) is 2.97. The lowest BCUT2D eigenvalue weighted by molar-refractivity contribution is 0.108. The standard InChI is InChI=1S/C15H23N5S/c1-3-15(2)5-7-20(8-6-15)10-12-17-13(19-16)11-4-9-21-14(11)18-12/h4,9H,3,5-8,10,16H2,1-2H3,(H,17,18,19). The second kappa shape index (κ2) is 5.87. The maximum absolute atomic E-state index is 5.58. The number of likely N-dealkylation sites (tertiary alicyclic amines) is 1. The average molecular weight is 305 g/mol. The van der Waals surface area contributed by atoms with E-state index in [1.165, 1.54) is 19.3 Å². The molecular weight excluding hydrogens is 282 g/mol. The summed E-state index contributed by atoms with van der Waals surface area (Å²) in [7, 11) is 0. The van der Waals surface area contributed by atoms with Gasteiger partial charge in [0.15, 0.2) is 5.82 Å². The molecular formula is C15H23N5S. The molecule has 5 nitrogen and oxygen atoms in total. The minimum Gasteiger partial charge on any atom is -0.308 e. The molecule has 21 heavy (non-hydrogen) atoms. The number of anilines is 1. The van der Waals surface area contributed by atoms with Gasteiger partial charge in [-0.25, -0.2) is 15.8 Å². The molecule has 114 valence electrons. The van der Waals surface area contributed by atoms with Crippen molar-refractivity contribution in [2.75, 3.05) is 18.5 Å². The minimum atomic E-state index is 0.513. The van der Waals surface area contributed by atoms with Crippen LogP contribution in [0.25, 0.3) is 10.2 Å². The highest BCUT2D eigenvalue weighted by Gasteiger charge is 2.28. The third kappa shape index (κ3) is 3.02. The van der Waals surface area contributed by atoms with Crippen molar-refractivity contribution in [3.63, 3.8) is 0 Å². The summed E-state index contributed by atoms with van der Waals surface area (Å²) < 4.78 is 0. The molecule has 2 aromatic rings. The van der Waals surface area contributed by atoms with Crippen LogP contribution in [0.15, 0.2) is 11.4 Å². The van der Waals surface area contributed by atoms with Crippen molar-refractivity contribution in [3.8, 4) is 0 Å². The number of rotatable bonds is 4. The van der Waals surface area contributed by atoms with Crippen molar-refractivity contribution in [1.29, 1.82) is 0 Å². The van der Waals surface area contributed by atoms with Crippen LogP contribution in [0.2, 0.25) is 0 Å². The van der Waals surface area contributed by atoms with Crippen molar-refractivity contribution in [1.82, 2.24) is 14.9 Å². The maximum Gasteiger partial charge on any atom is 0.152 e. The van der Waals surface area contributed by atoms with Gasteiger partial charge in [-0.05, 0) is 42.8 Å². The molecule has 0 atom stereocenters. The smallest absolute Gasteiger partial charge is 0.152 e. The molecule has 0 bridgehead atoms. The number of aromatic nitrogens is 2. The van der Waals surface area contributed by atoms with Crippen LogP contribution in [0.1, 0.15) is 38.9 Å². The summed E-state index contributed by atoms with van der Waals surface area (Å²) in [5, 5.41) is 3.03. The molecule has 0 amide bonds. The topological polar surface area (TPSA) is 67.1 Å². The van der Waals surface area contributed by atoms with Crippen LogP contribution in [0.3, 0.4) is 0 Å². The zero-order chi connectivity index (χ0) is 14.9. The Kier molecular flexibility index (Phi) is 4.10. The Morgan fingerprint density at radius 2 is 2.14 bits per heavy atom. The quantitative estimate of drug-likeness (QED) is 0.671. The Morgan fingerprint density at radius 3 is 2.81 bits per heavy atom. The van der Waals surface area contributed by atoms with E-state index in [-0.39, 0.29) is 0 Å². The van der Waals surface area contributed by atoms with Gasteiger partial charge >= 0.3 is 0 Å². The monoisotopic (exact) mass is 305 g/mol. The summed E-state index contributed by atoms with van der Waals surface area (Å²) in [6.07, 6.45) is 3.78. The van der Waals surface area contributed by atoms with Crippen molar-refractivity contribution in [2.45, 2.75) is 39.7 Å². The number of nitrogens with one attached hydrogen (secondary N) is 1. The first kappa shape index (κ1) is 14.7. The van der Waals surface area contributed by atoms with Gasteiger partial charge < -0.3 is 5.43 Å². The lowest BCUT2D eigenvalue weighted by Crippen LogP contribution is -2.38. The van der Waals surface area contributed by atoms with Crippen molar-refractivity contribution in [3.05, 3.63) is 17.3 Å². The van der Waals surface area contributed by atoms with Gasteiger partial charge in [0.05, 0.1) is 11.9 Å². The third-order valence-electron chi connectivity index (χ3n) is 4.79. The number of nitrogens with zero attached hydrogens (tertiary/aromatic N) is 3. The van der Waals surface area contributed by atoms with Gasteiger partial charge in [-0.1, -0.05) is 20.3 Å². The minimum absolute atomic E-state index is 0.513. The Bertz CT molecular complexity index is 616. The van der Waals surface area contributed by atoms with Gasteiger partial charge in [-0.15, -0.1) is 11.3 Å². The Balaban J connectivity index is 1.74. The van der Waals surface area contributed by atoms with E-state index in [0.717, 1.165) is 41.5 Å². The molecule has 6 heteroatoms. The molecule has 1 aliphatic rings. The van der Waals surface area contributed by atoms with Gasteiger partial charge in [-0.3, -0.25) is 4.90 Å². The van der Waals surface area contributed by atoms with Gasteiger partial charge in [-0.2, -0.15) is 0 Å². The first-order valence-electron chi connectivity index (χ1n) is 7.56. The molecule has 0 radical (unpaired) electrons. The van der Waals surface area contributed by atoms with E-state index < -0.39 is 0 Å². The highest BCUT2D eigenvalue weighted by Crippen LogP contribution is 2.34. The number of hydrogen-bond donors (Lipinski definition) is 2. The fourth-order valence-corrected chi connectivity index (χ4v) is 3.67. The number of thiophene rings is 1. The molecule has 0 aromatic carbocycles. The fraction of sp³-hybridized carbons (Fsp3) is 0.600. The fourth-order valence-electron chi connectivity index (χ4n) is 2.88. The molecule has 0 spiro atoms. The summed E-state index contributed by atoms with van der Waals surface area (Å²) >= 11 is 1.63. The Labute approximate surface area is 129 Å². The Morgan fingerprint density at radius 1 is 1.38 bits per heavy atom. The van der Waals surface area contributed by atoms with Crippen LogP contribution in [0, 0.1) is 5.41 Å². The van der Waals surface area contributed by atoms with Crippen LogP contribution in [0.5, 0.6) is 0 Å². The molecule has 3 rings (SSSR count). The summed E-state index contributed by atoms with van der Waals surface area (Å²) in [4.78, 5) is 12.7. The van der Waals surface area contributed by atoms with E-state index in [0.29, 0.717) is 5.41 Å². The van der Waals surface area contributed by atoms with Crippen molar-refractivity contribution < 1.29 is 0 Å². The number of fused-ring (bicyclic) bond motifs is 1. The van der Waals surface area contributed by atoms with E-state index >= 15 is 0 Å². The number of nitrogen functional groups attached to an aromatic ring is 1. The SMILES string of the molecule is CCC1(C)CCN(Cc2nc(NN)c3ccsc3n2)CC1. The highest BCUT2D eigenvalue weighted by molar-refractivity contribution is 7.16. The molecule has 0 aliphatic carbocycles. The van der Waals surface area contributed by atoms with Crippen LogP contribution >= 0.6 is 11.3 Å². The molecule has 0 saturated carbocycles. The van der Waals surface area contributed by atoms with Gasteiger partial charge in [0, 0.05) is 0 Å². The van der Waals surface area contributed by atoms with Crippen molar-refractivity contribution in [2.24, 2.45) is 11.3 Å². The lowest BCUT2D eigenvalue weighted by Gasteiger charge is -2.38. The van der Waals surface area contributed by atoms with Crippen LogP contribution in [0.4, 0.5) is 5.82 Å². The molecule has 0 unspecified atom stereocenters. The van der Waals surface area contributed by atoms with E-state index in [2.05, 4.69) is 34.1 Å². The van der Waals surface area contributed by atoms with Gasteiger partial charge in [0.25, 0.3) is 0 Å². The molecule has 1 fully saturated rings. The van der Waals surface area contributed by atoms with E-state index in [4.69, 9.17) is 5.84 Å². The summed E-state index contributed by atoms with van der Waals surface area (Å²) in [6, 6.07) is 2.01. The molecule has 1 aliphatic heterocycles. The van der Waals surface area contributed by atoms with Gasteiger partial charge in [0.2, 0.25) is 0 Å². The zero-order valence-electron chi connectivity index (χ0n) is 12.7. The normalized spacial score (nSPS) is 19.0. The van der Waals surface area contributed by atoms with E-state index in [1.807, 2.05) is 11.4 Å². The van der Waals surface area contributed by atoms with Crippen molar-refractivity contribution >= 4 is 27.4 Å². The first-order chi connectivity index (χ1) is 10.1. The predicted octanol–water partition coefficient (Wildman–Crippen LogP) is 2.99. The molecule has 1 saturated heterocycles. The van der Waals surface area contributed by atoms with E-state index in [9.17, 15) is 0 Å². The largest absolute Gasteiger partial charge is 0.308 e. The van der Waals surface area contributed by atoms with Crippen LogP contribution in [-0.2, 0) is 6.54 Å². The number of nitrogens with two attached hydrogens (primary N) is 1. The van der Waals surface area contributed by atoms with Crippen LogP contribution in [-0.4, -0.2) is 28.0 Å². The maximum atomic E-state index is 5.58. The van der Waals surface area contributed by atoms with Gasteiger partial charge in [0.1, 0.15) is 10.7 Å². The molecule has 3 N–H and O–H groups in total. The zero-order valence-corrected chi connectivity index (χ0v) is 13.5.